The zero-order valence-electron chi connectivity index (χ0n) is 7.32. The number of aliphatic hydroxyl groups excluding tert-OH is 1. The van der Waals surface area contributed by atoms with Crippen LogP contribution < -0.4 is 0 Å². The average molecular weight is 168 g/mol. The van der Waals surface area contributed by atoms with Crippen molar-refractivity contribution in [1.29, 1.82) is 0 Å². The van der Waals surface area contributed by atoms with Crippen LogP contribution in [-0.2, 0) is 6.54 Å². The van der Waals surface area contributed by atoms with Gasteiger partial charge in [-0.05, 0) is 18.9 Å². The molecule has 0 fully saturated rings. The summed E-state index contributed by atoms with van der Waals surface area (Å²) in [6, 6.07) is 1.94. The lowest BCUT2D eigenvalue weighted by atomic mass is 10.2. The summed E-state index contributed by atoms with van der Waals surface area (Å²) in [6.45, 7) is 1.32. The van der Waals surface area contributed by atoms with Gasteiger partial charge in [0.05, 0.1) is 0 Å². The standard InChI is InChI=1S/C9H16N2O/c12-9-4-2-1-3-7-11-8-5-6-10-11/h5-6,8,12H,1-4,7,9H2. The summed E-state index contributed by atoms with van der Waals surface area (Å²) in [5.74, 6) is 0. The van der Waals surface area contributed by atoms with Gasteiger partial charge in [-0.1, -0.05) is 12.8 Å². The van der Waals surface area contributed by atoms with Crippen LogP contribution in [0.25, 0.3) is 0 Å². The molecule has 3 heteroatoms. The van der Waals surface area contributed by atoms with E-state index in [1.54, 1.807) is 6.20 Å². The lowest BCUT2D eigenvalue weighted by molar-refractivity contribution is 0.282. The highest BCUT2D eigenvalue weighted by Crippen LogP contribution is 2.00. The fourth-order valence-corrected chi connectivity index (χ4v) is 1.17. The molecule has 1 N–H and O–H groups in total. The molecule has 0 saturated carbocycles. The summed E-state index contributed by atoms with van der Waals surface area (Å²) in [5, 5.41) is 12.6. The lowest BCUT2D eigenvalue weighted by Gasteiger charge is -2.00. The molecule has 0 bridgehead atoms. The predicted octanol–water partition coefficient (Wildman–Crippen LogP) is 1.44. The molecule has 3 nitrogen and oxygen atoms in total. The van der Waals surface area contributed by atoms with Gasteiger partial charge in [-0.15, -0.1) is 0 Å². The first-order chi connectivity index (χ1) is 5.93. The second kappa shape index (κ2) is 5.77. The molecular formula is C9H16N2O. The fraction of sp³-hybridized carbons (Fsp3) is 0.667. The molecule has 0 aliphatic carbocycles. The van der Waals surface area contributed by atoms with Crippen molar-refractivity contribution in [3.63, 3.8) is 0 Å². The summed E-state index contributed by atoms with van der Waals surface area (Å²) >= 11 is 0. The van der Waals surface area contributed by atoms with Crippen molar-refractivity contribution in [3.8, 4) is 0 Å². The largest absolute Gasteiger partial charge is 0.396 e. The number of aliphatic hydroxyl groups is 1. The van der Waals surface area contributed by atoms with Crippen LogP contribution in [0.15, 0.2) is 18.5 Å². The molecule has 0 amide bonds. The third-order valence-electron chi connectivity index (χ3n) is 1.85. The van der Waals surface area contributed by atoms with Crippen molar-refractivity contribution in [2.75, 3.05) is 6.61 Å². The summed E-state index contributed by atoms with van der Waals surface area (Å²) in [7, 11) is 0. The number of unbranched alkanes of at least 4 members (excludes halogenated alkanes) is 3. The van der Waals surface area contributed by atoms with Crippen LogP contribution in [0.2, 0.25) is 0 Å². The second-order valence-corrected chi connectivity index (χ2v) is 2.91. The van der Waals surface area contributed by atoms with E-state index in [-0.39, 0.29) is 0 Å². The topological polar surface area (TPSA) is 38.0 Å². The number of hydrogen-bond acceptors (Lipinski definition) is 2. The Labute approximate surface area is 73.0 Å². The zero-order valence-corrected chi connectivity index (χ0v) is 7.32. The summed E-state index contributed by atoms with van der Waals surface area (Å²) in [5.41, 5.74) is 0. The first-order valence-electron chi connectivity index (χ1n) is 4.52. The molecule has 0 aliphatic heterocycles. The Bertz CT molecular complexity index is 184. The Morgan fingerprint density at radius 3 is 2.67 bits per heavy atom. The Kier molecular flexibility index (Phi) is 4.46. The zero-order chi connectivity index (χ0) is 8.65. The maximum atomic E-state index is 8.53. The first-order valence-corrected chi connectivity index (χ1v) is 4.52. The van der Waals surface area contributed by atoms with Gasteiger partial charge in [0.15, 0.2) is 0 Å². The van der Waals surface area contributed by atoms with Crippen molar-refractivity contribution < 1.29 is 5.11 Å². The van der Waals surface area contributed by atoms with Crippen LogP contribution in [-0.4, -0.2) is 21.5 Å². The van der Waals surface area contributed by atoms with Crippen LogP contribution in [0.3, 0.4) is 0 Å². The van der Waals surface area contributed by atoms with Crippen molar-refractivity contribution >= 4 is 0 Å². The van der Waals surface area contributed by atoms with E-state index in [1.165, 1.54) is 6.42 Å². The summed E-state index contributed by atoms with van der Waals surface area (Å²) in [4.78, 5) is 0. The smallest absolute Gasteiger partial charge is 0.0489 e. The van der Waals surface area contributed by atoms with E-state index in [1.807, 2.05) is 16.9 Å². The Morgan fingerprint density at radius 2 is 2.00 bits per heavy atom. The molecule has 68 valence electrons. The van der Waals surface area contributed by atoms with Crippen LogP contribution >= 0.6 is 0 Å². The van der Waals surface area contributed by atoms with Gasteiger partial charge in [0, 0.05) is 25.5 Å². The Balaban J connectivity index is 1.96. The maximum absolute atomic E-state index is 8.53. The van der Waals surface area contributed by atoms with Crippen molar-refractivity contribution in [2.45, 2.75) is 32.2 Å². The molecule has 0 radical (unpaired) electrons. The highest BCUT2D eigenvalue weighted by atomic mass is 16.2. The van der Waals surface area contributed by atoms with Crippen LogP contribution in [0, 0.1) is 0 Å². The molecular weight excluding hydrogens is 152 g/mol. The van der Waals surface area contributed by atoms with E-state index in [4.69, 9.17) is 5.11 Å². The minimum Gasteiger partial charge on any atom is -0.396 e. The normalized spacial score (nSPS) is 10.4. The maximum Gasteiger partial charge on any atom is 0.0489 e. The minimum absolute atomic E-state index is 0.321. The van der Waals surface area contributed by atoms with E-state index in [0.29, 0.717) is 6.61 Å². The lowest BCUT2D eigenvalue weighted by Crippen LogP contribution is -1.97. The number of rotatable bonds is 6. The first kappa shape index (κ1) is 9.26. The quantitative estimate of drug-likeness (QED) is 0.653. The Morgan fingerprint density at radius 1 is 1.17 bits per heavy atom. The van der Waals surface area contributed by atoms with Crippen molar-refractivity contribution in [1.82, 2.24) is 9.78 Å². The summed E-state index contributed by atoms with van der Waals surface area (Å²) < 4.78 is 1.94. The fourth-order valence-electron chi connectivity index (χ4n) is 1.17. The predicted molar refractivity (Wildman–Crippen MR) is 47.8 cm³/mol. The van der Waals surface area contributed by atoms with E-state index in [0.717, 1.165) is 25.8 Å². The molecule has 0 atom stereocenters. The van der Waals surface area contributed by atoms with E-state index in [2.05, 4.69) is 5.10 Å². The molecule has 0 spiro atoms. The molecule has 1 heterocycles. The van der Waals surface area contributed by atoms with Gasteiger partial charge < -0.3 is 5.11 Å². The van der Waals surface area contributed by atoms with Gasteiger partial charge in [0.1, 0.15) is 0 Å². The van der Waals surface area contributed by atoms with Crippen molar-refractivity contribution in [2.24, 2.45) is 0 Å². The van der Waals surface area contributed by atoms with Gasteiger partial charge in [0.2, 0.25) is 0 Å². The molecule has 1 aromatic heterocycles. The molecule has 1 rings (SSSR count). The third-order valence-corrected chi connectivity index (χ3v) is 1.85. The van der Waals surface area contributed by atoms with Gasteiger partial charge in [0.25, 0.3) is 0 Å². The van der Waals surface area contributed by atoms with E-state index >= 15 is 0 Å². The van der Waals surface area contributed by atoms with Gasteiger partial charge in [-0.25, -0.2) is 0 Å². The van der Waals surface area contributed by atoms with Gasteiger partial charge >= 0.3 is 0 Å². The summed E-state index contributed by atoms with van der Waals surface area (Å²) in [6.07, 6.45) is 8.17. The molecule has 0 saturated heterocycles. The highest BCUT2D eigenvalue weighted by molar-refractivity contribution is 4.77. The number of nitrogens with zero attached hydrogens (tertiary/aromatic N) is 2. The second-order valence-electron chi connectivity index (χ2n) is 2.91. The average Bonchev–Trinajstić information content (AvgIpc) is 2.57. The molecule has 0 aromatic carbocycles. The molecule has 1 aromatic rings. The SMILES string of the molecule is OCCCCCCn1cccn1. The number of hydrogen-bond donors (Lipinski definition) is 1. The molecule has 0 aliphatic rings. The molecule has 12 heavy (non-hydrogen) atoms. The van der Waals surface area contributed by atoms with Gasteiger partial charge in [-0.3, -0.25) is 4.68 Å². The Hall–Kier alpha value is -0.830. The van der Waals surface area contributed by atoms with Gasteiger partial charge in [-0.2, -0.15) is 5.10 Å². The van der Waals surface area contributed by atoms with Crippen LogP contribution in [0.4, 0.5) is 0 Å². The number of aryl methyl sites for hydroxylation is 1. The highest BCUT2D eigenvalue weighted by Gasteiger charge is 1.90. The minimum atomic E-state index is 0.321. The van der Waals surface area contributed by atoms with E-state index < -0.39 is 0 Å². The van der Waals surface area contributed by atoms with Crippen LogP contribution in [0.5, 0.6) is 0 Å². The van der Waals surface area contributed by atoms with E-state index in [9.17, 15) is 0 Å². The van der Waals surface area contributed by atoms with Crippen LogP contribution in [0.1, 0.15) is 25.7 Å². The number of aromatic nitrogens is 2. The van der Waals surface area contributed by atoms with Crippen molar-refractivity contribution in [3.05, 3.63) is 18.5 Å². The monoisotopic (exact) mass is 168 g/mol. The molecule has 0 unspecified atom stereocenters. The third kappa shape index (κ3) is 3.53.